The molecule has 1 aromatic rings. The van der Waals surface area contributed by atoms with Gasteiger partial charge < -0.3 is 5.32 Å². The second-order valence-electron chi connectivity index (χ2n) is 4.60. The summed E-state index contributed by atoms with van der Waals surface area (Å²) in [6.45, 7) is 0.363. The second kappa shape index (κ2) is 6.03. The monoisotopic (exact) mass is 307 g/mol. The van der Waals surface area contributed by atoms with Crippen LogP contribution in [0.15, 0.2) is 18.2 Å². The first-order valence-corrected chi connectivity index (χ1v) is 7.26. The van der Waals surface area contributed by atoms with Gasteiger partial charge in [-0.1, -0.05) is 6.07 Å². The van der Waals surface area contributed by atoms with Crippen molar-refractivity contribution in [2.75, 3.05) is 18.1 Å². The Balaban J connectivity index is 2.09. The maximum Gasteiger partial charge on any atom is 0.419 e. The summed E-state index contributed by atoms with van der Waals surface area (Å²) in [4.78, 5) is 11.8. The summed E-state index contributed by atoms with van der Waals surface area (Å²) in [6, 6.07) is 2.72. The van der Waals surface area contributed by atoms with Crippen LogP contribution in [0.1, 0.15) is 22.3 Å². The van der Waals surface area contributed by atoms with E-state index in [0.717, 1.165) is 30.1 Å². The molecule has 1 unspecified atom stereocenters. The number of halogens is 4. The average Bonchev–Trinajstić information content (AvgIpc) is 2.88. The van der Waals surface area contributed by atoms with Crippen LogP contribution in [0.3, 0.4) is 0 Å². The molecular formula is C13H13F4NOS. The Hall–Kier alpha value is -1.24. The molecule has 2 rings (SSSR count). The minimum atomic E-state index is -4.80. The molecule has 1 N–H and O–H groups in total. The van der Waals surface area contributed by atoms with Crippen molar-refractivity contribution in [3.05, 3.63) is 35.1 Å². The van der Waals surface area contributed by atoms with Gasteiger partial charge in [-0.25, -0.2) is 4.39 Å². The fourth-order valence-electron chi connectivity index (χ4n) is 2.00. The summed E-state index contributed by atoms with van der Waals surface area (Å²) in [7, 11) is 0. The van der Waals surface area contributed by atoms with Crippen LogP contribution in [-0.2, 0) is 6.18 Å². The van der Waals surface area contributed by atoms with Crippen LogP contribution in [0.2, 0.25) is 0 Å². The lowest BCUT2D eigenvalue weighted by Crippen LogP contribution is -2.30. The van der Waals surface area contributed by atoms with Gasteiger partial charge in [0.2, 0.25) is 0 Å². The van der Waals surface area contributed by atoms with Crippen LogP contribution in [-0.4, -0.2) is 24.0 Å². The largest absolute Gasteiger partial charge is 0.419 e. The average molecular weight is 307 g/mol. The normalized spacial score (nSPS) is 19.1. The lowest BCUT2D eigenvalue weighted by atomic mass is 10.1. The van der Waals surface area contributed by atoms with E-state index in [2.05, 4.69) is 5.32 Å². The molecule has 7 heteroatoms. The van der Waals surface area contributed by atoms with Gasteiger partial charge in [-0.15, -0.1) is 0 Å². The topological polar surface area (TPSA) is 29.1 Å². The van der Waals surface area contributed by atoms with Gasteiger partial charge in [-0.2, -0.15) is 24.9 Å². The molecule has 0 bridgehead atoms. The van der Waals surface area contributed by atoms with Crippen molar-refractivity contribution in [1.82, 2.24) is 5.32 Å². The summed E-state index contributed by atoms with van der Waals surface area (Å²) in [5, 5.41) is 2.50. The van der Waals surface area contributed by atoms with E-state index in [1.54, 1.807) is 11.8 Å². The van der Waals surface area contributed by atoms with Gasteiger partial charge in [0.1, 0.15) is 5.82 Å². The van der Waals surface area contributed by atoms with Gasteiger partial charge in [-0.05, 0) is 36.0 Å². The van der Waals surface area contributed by atoms with Crippen molar-refractivity contribution < 1.29 is 22.4 Å². The maximum absolute atomic E-state index is 13.7. The van der Waals surface area contributed by atoms with Crippen molar-refractivity contribution in [3.8, 4) is 0 Å². The summed E-state index contributed by atoms with van der Waals surface area (Å²) < 4.78 is 51.4. The van der Waals surface area contributed by atoms with Crippen LogP contribution in [0.4, 0.5) is 17.6 Å². The van der Waals surface area contributed by atoms with Gasteiger partial charge in [0.05, 0.1) is 11.1 Å². The number of rotatable bonds is 3. The third-order valence-electron chi connectivity index (χ3n) is 3.12. The van der Waals surface area contributed by atoms with Gasteiger partial charge in [0.25, 0.3) is 5.91 Å². The zero-order valence-corrected chi connectivity index (χ0v) is 11.3. The van der Waals surface area contributed by atoms with Gasteiger partial charge in [0.15, 0.2) is 0 Å². The lowest BCUT2D eigenvalue weighted by molar-refractivity contribution is -0.140. The van der Waals surface area contributed by atoms with E-state index in [1.165, 1.54) is 0 Å². The molecule has 110 valence electrons. The fourth-order valence-corrected chi connectivity index (χ4v) is 3.29. The zero-order valence-electron chi connectivity index (χ0n) is 10.5. The molecule has 0 aliphatic carbocycles. The number of alkyl halides is 3. The Bertz CT molecular complexity index is 498. The van der Waals surface area contributed by atoms with E-state index >= 15 is 0 Å². The predicted molar refractivity (Wildman–Crippen MR) is 69.2 cm³/mol. The van der Waals surface area contributed by atoms with Crippen LogP contribution < -0.4 is 5.32 Å². The summed E-state index contributed by atoms with van der Waals surface area (Å²) >= 11 is 1.76. The number of nitrogens with one attached hydrogen (secondary N) is 1. The molecule has 1 atom stereocenters. The number of carbonyl (C=O) groups is 1. The van der Waals surface area contributed by atoms with Crippen molar-refractivity contribution >= 4 is 17.7 Å². The van der Waals surface area contributed by atoms with E-state index in [0.29, 0.717) is 18.5 Å². The summed E-state index contributed by atoms with van der Waals surface area (Å²) in [6.07, 6.45) is -3.85. The third kappa shape index (κ3) is 3.45. The third-order valence-corrected chi connectivity index (χ3v) is 4.36. The summed E-state index contributed by atoms with van der Waals surface area (Å²) in [5.41, 5.74) is -1.98. The Labute approximate surface area is 117 Å². The predicted octanol–water partition coefficient (Wildman–Crippen LogP) is 3.33. The minimum Gasteiger partial charge on any atom is -0.352 e. The SMILES string of the molecule is O=C(NCC1CCSC1)c1cccc(C(F)(F)F)c1F. The van der Waals surface area contributed by atoms with Crippen LogP contribution in [0.5, 0.6) is 0 Å². The summed E-state index contributed by atoms with van der Waals surface area (Å²) in [5.74, 6) is -0.0920. The number of hydrogen-bond acceptors (Lipinski definition) is 2. The first-order chi connectivity index (χ1) is 9.39. The Kier molecular flexibility index (Phi) is 4.57. The molecule has 0 radical (unpaired) electrons. The van der Waals surface area contributed by atoms with Crippen molar-refractivity contribution in [3.63, 3.8) is 0 Å². The Morgan fingerprint density at radius 1 is 1.40 bits per heavy atom. The number of amides is 1. The molecule has 2 nitrogen and oxygen atoms in total. The van der Waals surface area contributed by atoms with E-state index in [-0.39, 0.29) is 0 Å². The molecule has 0 spiro atoms. The quantitative estimate of drug-likeness (QED) is 0.868. The molecule has 1 amide bonds. The van der Waals surface area contributed by atoms with Crippen molar-refractivity contribution in [2.24, 2.45) is 5.92 Å². The fraction of sp³-hybridized carbons (Fsp3) is 0.462. The Morgan fingerprint density at radius 3 is 2.75 bits per heavy atom. The highest BCUT2D eigenvalue weighted by molar-refractivity contribution is 7.99. The molecule has 20 heavy (non-hydrogen) atoms. The first kappa shape index (κ1) is 15.2. The highest BCUT2D eigenvalue weighted by atomic mass is 32.2. The molecule has 1 heterocycles. The number of hydrogen-bond donors (Lipinski definition) is 1. The molecule has 1 fully saturated rings. The highest BCUT2D eigenvalue weighted by Gasteiger charge is 2.35. The molecular weight excluding hydrogens is 294 g/mol. The smallest absolute Gasteiger partial charge is 0.352 e. The molecule has 1 aromatic carbocycles. The van der Waals surface area contributed by atoms with Gasteiger partial charge in [0, 0.05) is 6.54 Å². The number of carbonyl (C=O) groups excluding carboxylic acids is 1. The molecule has 0 aromatic heterocycles. The minimum absolute atomic E-state index is 0.304. The van der Waals surface area contributed by atoms with Crippen molar-refractivity contribution in [2.45, 2.75) is 12.6 Å². The Morgan fingerprint density at radius 2 is 2.15 bits per heavy atom. The maximum atomic E-state index is 13.7. The van der Waals surface area contributed by atoms with Crippen LogP contribution in [0, 0.1) is 11.7 Å². The standard InChI is InChI=1S/C13H13F4NOS/c14-11-9(2-1-3-10(11)13(15,16)17)12(19)18-6-8-4-5-20-7-8/h1-3,8H,4-7H2,(H,18,19). The number of benzene rings is 1. The molecule has 0 saturated carbocycles. The van der Waals surface area contributed by atoms with E-state index in [1.807, 2.05) is 0 Å². The van der Waals surface area contributed by atoms with Crippen LogP contribution >= 0.6 is 11.8 Å². The van der Waals surface area contributed by atoms with E-state index in [4.69, 9.17) is 0 Å². The van der Waals surface area contributed by atoms with Gasteiger partial charge in [-0.3, -0.25) is 4.79 Å². The number of thioether (sulfide) groups is 1. The lowest BCUT2D eigenvalue weighted by Gasteiger charge is -2.13. The molecule has 1 aliphatic rings. The van der Waals surface area contributed by atoms with Gasteiger partial charge >= 0.3 is 6.18 Å². The zero-order chi connectivity index (χ0) is 14.8. The molecule has 1 saturated heterocycles. The van der Waals surface area contributed by atoms with Crippen molar-refractivity contribution in [1.29, 1.82) is 0 Å². The van der Waals surface area contributed by atoms with Crippen LogP contribution in [0.25, 0.3) is 0 Å². The molecule has 1 aliphatic heterocycles. The van der Waals surface area contributed by atoms with E-state index < -0.39 is 29.0 Å². The second-order valence-corrected chi connectivity index (χ2v) is 5.75. The first-order valence-electron chi connectivity index (χ1n) is 6.11. The highest BCUT2D eigenvalue weighted by Crippen LogP contribution is 2.32. The van der Waals surface area contributed by atoms with E-state index in [9.17, 15) is 22.4 Å².